The van der Waals surface area contributed by atoms with E-state index in [1.807, 2.05) is 13.0 Å². The van der Waals surface area contributed by atoms with Gasteiger partial charge in [0, 0.05) is 11.6 Å². The van der Waals surface area contributed by atoms with Gasteiger partial charge in [-0.25, -0.2) is 4.39 Å². The van der Waals surface area contributed by atoms with Gasteiger partial charge in [0.2, 0.25) is 0 Å². The van der Waals surface area contributed by atoms with Gasteiger partial charge in [0.1, 0.15) is 11.6 Å². The number of furan rings is 1. The minimum Gasteiger partial charge on any atom is -0.448 e. The maximum absolute atomic E-state index is 13.5. The molecular weight excluding hydrogens is 241 g/mol. The molecule has 90 valence electrons. The van der Waals surface area contributed by atoms with Crippen LogP contribution in [0, 0.1) is 5.82 Å². The molecule has 0 aliphatic carbocycles. The largest absolute Gasteiger partial charge is 0.448 e. The SMILES string of the molecule is CC(NCc1ccc(Cl)o1)c1ccccc1F. The van der Waals surface area contributed by atoms with Crippen LogP contribution in [0.15, 0.2) is 40.8 Å². The summed E-state index contributed by atoms with van der Waals surface area (Å²) in [7, 11) is 0. The second-order valence-electron chi connectivity index (χ2n) is 3.83. The monoisotopic (exact) mass is 253 g/mol. The topological polar surface area (TPSA) is 25.2 Å². The lowest BCUT2D eigenvalue weighted by molar-refractivity contribution is 0.454. The smallest absolute Gasteiger partial charge is 0.193 e. The van der Waals surface area contributed by atoms with Gasteiger partial charge in [-0.1, -0.05) is 18.2 Å². The van der Waals surface area contributed by atoms with E-state index in [4.69, 9.17) is 16.0 Å². The predicted octanol–water partition coefficient (Wildman–Crippen LogP) is 3.92. The molecule has 4 heteroatoms. The van der Waals surface area contributed by atoms with Crippen molar-refractivity contribution in [1.82, 2.24) is 5.32 Å². The lowest BCUT2D eigenvalue weighted by Gasteiger charge is -2.13. The Bertz CT molecular complexity index is 498. The van der Waals surface area contributed by atoms with Crippen LogP contribution in [-0.2, 0) is 6.54 Å². The van der Waals surface area contributed by atoms with Crippen LogP contribution in [-0.4, -0.2) is 0 Å². The van der Waals surface area contributed by atoms with E-state index >= 15 is 0 Å². The number of halogens is 2. The Morgan fingerprint density at radius 1 is 1.29 bits per heavy atom. The van der Waals surface area contributed by atoms with Crippen LogP contribution in [0.1, 0.15) is 24.3 Å². The molecule has 0 bridgehead atoms. The molecule has 2 rings (SSSR count). The third kappa shape index (κ3) is 3.08. The van der Waals surface area contributed by atoms with Gasteiger partial charge in [0.05, 0.1) is 6.54 Å². The van der Waals surface area contributed by atoms with E-state index in [2.05, 4.69) is 5.32 Å². The van der Waals surface area contributed by atoms with Crippen LogP contribution >= 0.6 is 11.6 Å². The Balaban J connectivity index is 1.98. The summed E-state index contributed by atoms with van der Waals surface area (Å²) in [6.45, 7) is 2.42. The average Bonchev–Trinajstić information content (AvgIpc) is 2.73. The summed E-state index contributed by atoms with van der Waals surface area (Å²) in [5.74, 6) is 0.531. The third-order valence-electron chi connectivity index (χ3n) is 2.58. The van der Waals surface area contributed by atoms with Crippen LogP contribution in [0.3, 0.4) is 0 Å². The molecule has 17 heavy (non-hydrogen) atoms. The van der Waals surface area contributed by atoms with Gasteiger partial charge in [0.25, 0.3) is 0 Å². The van der Waals surface area contributed by atoms with E-state index in [-0.39, 0.29) is 11.9 Å². The van der Waals surface area contributed by atoms with Crippen LogP contribution in [0.25, 0.3) is 0 Å². The highest BCUT2D eigenvalue weighted by Gasteiger charge is 2.10. The lowest BCUT2D eigenvalue weighted by Crippen LogP contribution is -2.18. The number of rotatable bonds is 4. The first-order valence-corrected chi connectivity index (χ1v) is 5.76. The molecule has 0 radical (unpaired) electrons. The molecule has 1 atom stereocenters. The van der Waals surface area contributed by atoms with Crippen molar-refractivity contribution in [2.45, 2.75) is 19.5 Å². The van der Waals surface area contributed by atoms with Crippen molar-refractivity contribution in [3.8, 4) is 0 Å². The van der Waals surface area contributed by atoms with E-state index < -0.39 is 0 Å². The average molecular weight is 254 g/mol. The molecule has 2 nitrogen and oxygen atoms in total. The molecule has 1 aromatic carbocycles. The van der Waals surface area contributed by atoms with Gasteiger partial charge >= 0.3 is 0 Å². The summed E-state index contributed by atoms with van der Waals surface area (Å²) >= 11 is 5.66. The first-order valence-electron chi connectivity index (χ1n) is 5.39. The van der Waals surface area contributed by atoms with Gasteiger partial charge in [-0.3, -0.25) is 0 Å². The fourth-order valence-electron chi connectivity index (χ4n) is 1.64. The Kier molecular flexibility index (Phi) is 3.82. The first kappa shape index (κ1) is 12.1. The normalized spacial score (nSPS) is 12.6. The molecule has 2 aromatic rings. The summed E-state index contributed by atoms with van der Waals surface area (Å²) in [5.41, 5.74) is 0.644. The maximum atomic E-state index is 13.5. The standard InChI is InChI=1S/C13H13ClFNO/c1-9(11-4-2-3-5-12(11)15)16-8-10-6-7-13(14)17-10/h2-7,9,16H,8H2,1H3. The molecule has 1 unspecified atom stereocenters. The zero-order valence-electron chi connectivity index (χ0n) is 9.41. The van der Waals surface area contributed by atoms with Gasteiger partial charge < -0.3 is 9.73 Å². The third-order valence-corrected chi connectivity index (χ3v) is 2.79. The maximum Gasteiger partial charge on any atom is 0.193 e. The second kappa shape index (κ2) is 5.34. The molecule has 0 aliphatic rings. The van der Waals surface area contributed by atoms with Crippen LogP contribution in [0.4, 0.5) is 4.39 Å². The van der Waals surface area contributed by atoms with Gasteiger partial charge in [-0.15, -0.1) is 0 Å². The Morgan fingerprint density at radius 3 is 2.71 bits per heavy atom. The number of nitrogens with one attached hydrogen (secondary N) is 1. The fourth-order valence-corrected chi connectivity index (χ4v) is 1.80. The van der Waals surface area contributed by atoms with Crippen LogP contribution < -0.4 is 5.32 Å². The summed E-state index contributed by atoms with van der Waals surface area (Å²) in [4.78, 5) is 0. The second-order valence-corrected chi connectivity index (χ2v) is 4.20. The summed E-state index contributed by atoms with van der Waals surface area (Å²) in [6.07, 6.45) is 0. The number of benzene rings is 1. The molecule has 0 fully saturated rings. The van der Waals surface area contributed by atoms with Crippen molar-refractivity contribution < 1.29 is 8.81 Å². The predicted molar refractivity (Wildman–Crippen MR) is 65.4 cm³/mol. The quantitative estimate of drug-likeness (QED) is 0.893. The van der Waals surface area contributed by atoms with Crippen molar-refractivity contribution >= 4 is 11.6 Å². The van der Waals surface area contributed by atoms with Gasteiger partial charge in [0.15, 0.2) is 5.22 Å². The molecule has 1 N–H and O–H groups in total. The Labute approximate surface area is 104 Å². The van der Waals surface area contributed by atoms with Crippen LogP contribution in [0.5, 0.6) is 0 Å². The van der Waals surface area contributed by atoms with E-state index in [0.717, 1.165) is 5.76 Å². The molecule has 0 amide bonds. The highest BCUT2D eigenvalue weighted by Crippen LogP contribution is 2.18. The molecular formula is C13H13ClFNO. The number of hydrogen-bond donors (Lipinski definition) is 1. The minimum atomic E-state index is -0.204. The van der Waals surface area contributed by atoms with E-state index in [1.165, 1.54) is 6.07 Å². The van der Waals surface area contributed by atoms with Crippen molar-refractivity contribution in [2.24, 2.45) is 0 Å². The zero-order chi connectivity index (χ0) is 12.3. The number of hydrogen-bond acceptors (Lipinski definition) is 2. The molecule has 0 aliphatic heterocycles. The highest BCUT2D eigenvalue weighted by atomic mass is 35.5. The molecule has 0 spiro atoms. The van der Waals surface area contributed by atoms with E-state index in [9.17, 15) is 4.39 Å². The first-order chi connectivity index (χ1) is 8.16. The van der Waals surface area contributed by atoms with Crippen molar-refractivity contribution in [3.63, 3.8) is 0 Å². The van der Waals surface area contributed by atoms with Crippen LogP contribution in [0.2, 0.25) is 5.22 Å². The fraction of sp³-hybridized carbons (Fsp3) is 0.231. The van der Waals surface area contributed by atoms with E-state index in [1.54, 1.807) is 24.3 Å². The lowest BCUT2D eigenvalue weighted by atomic mass is 10.1. The summed E-state index contributed by atoms with van der Waals surface area (Å²) in [6, 6.07) is 10.1. The highest BCUT2D eigenvalue weighted by molar-refractivity contribution is 6.28. The molecule has 0 saturated heterocycles. The Morgan fingerprint density at radius 2 is 2.06 bits per heavy atom. The summed E-state index contributed by atoms with van der Waals surface area (Å²) < 4.78 is 18.7. The van der Waals surface area contributed by atoms with Crippen molar-refractivity contribution in [2.75, 3.05) is 0 Å². The van der Waals surface area contributed by atoms with Gasteiger partial charge in [-0.2, -0.15) is 0 Å². The van der Waals surface area contributed by atoms with Crippen molar-refractivity contribution in [3.05, 3.63) is 58.8 Å². The molecule has 1 aromatic heterocycles. The Hall–Kier alpha value is -1.32. The zero-order valence-corrected chi connectivity index (χ0v) is 10.2. The minimum absolute atomic E-state index is 0.0833. The van der Waals surface area contributed by atoms with E-state index in [0.29, 0.717) is 17.3 Å². The summed E-state index contributed by atoms with van der Waals surface area (Å²) in [5, 5.41) is 3.54. The molecule has 0 saturated carbocycles. The van der Waals surface area contributed by atoms with Gasteiger partial charge in [-0.05, 0) is 36.7 Å². The van der Waals surface area contributed by atoms with Crippen molar-refractivity contribution in [1.29, 1.82) is 0 Å². The molecule has 1 heterocycles.